The fraction of sp³-hybridized carbons (Fsp3) is 0.0385. The van der Waals surface area contributed by atoms with Gasteiger partial charge in [0.1, 0.15) is 0 Å². The second-order valence-corrected chi connectivity index (χ2v) is 7.13. The van der Waals surface area contributed by atoms with Crippen LogP contribution in [0.15, 0.2) is 104 Å². The van der Waals surface area contributed by atoms with Crippen LogP contribution in [0, 0.1) is 0 Å². The predicted octanol–water partition coefficient (Wildman–Crippen LogP) is 2.23. The molecule has 0 fully saturated rings. The molecule has 1 aromatic heterocycles. The molecule has 0 aliphatic rings. The number of fused-ring (bicyclic) bond motifs is 2. The fourth-order valence-electron chi connectivity index (χ4n) is 3.72. The van der Waals surface area contributed by atoms with Crippen LogP contribution >= 0.6 is 0 Å². The monoisotopic (exact) mass is 454 g/mol. The summed E-state index contributed by atoms with van der Waals surface area (Å²) in [6.45, 7) is 0.263. The van der Waals surface area contributed by atoms with E-state index < -0.39 is 0 Å². The van der Waals surface area contributed by atoms with Crippen molar-refractivity contribution >= 4 is 27.3 Å². The Balaban J connectivity index is 0.00000218. The third kappa shape index (κ3) is 3.87. The standard InChI is InChI=1S/C26H19N2O.BrH/c29-26(24-11-5-9-20-7-3-4-10-23(20)24)17-28-15-14-25(27-18-28)22-13-12-19-6-1-2-8-21(19)16-22;/h1-16,18H,17H2;1H/q+1;/p-1. The third-order valence-corrected chi connectivity index (χ3v) is 5.23. The summed E-state index contributed by atoms with van der Waals surface area (Å²) in [5.41, 5.74) is 2.70. The highest BCUT2D eigenvalue weighted by Gasteiger charge is 2.14. The largest absolute Gasteiger partial charge is 1.00 e. The van der Waals surface area contributed by atoms with E-state index in [2.05, 4.69) is 35.3 Å². The minimum Gasteiger partial charge on any atom is -1.00 e. The summed E-state index contributed by atoms with van der Waals surface area (Å²) in [4.78, 5) is 17.5. The van der Waals surface area contributed by atoms with Crippen LogP contribution in [0.4, 0.5) is 0 Å². The number of ketones is 1. The molecule has 0 saturated carbocycles. The highest BCUT2D eigenvalue weighted by atomic mass is 79.9. The average molecular weight is 455 g/mol. The minimum absolute atomic E-state index is 0. The average Bonchev–Trinajstić information content (AvgIpc) is 2.79. The number of carbonyl (C=O) groups is 1. The highest BCUT2D eigenvalue weighted by molar-refractivity contribution is 6.07. The van der Waals surface area contributed by atoms with Crippen molar-refractivity contribution in [3.63, 3.8) is 0 Å². The Bertz CT molecular complexity index is 1340. The lowest BCUT2D eigenvalue weighted by molar-refractivity contribution is -0.686. The number of carbonyl (C=O) groups excluding carboxylic acids is 1. The summed E-state index contributed by atoms with van der Waals surface area (Å²) in [6, 6.07) is 30.4. The Kier molecular flexibility index (Phi) is 5.68. The molecule has 0 unspecified atom stereocenters. The van der Waals surface area contributed by atoms with Crippen LogP contribution in [0.5, 0.6) is 0 Å². The molecule has 0 saturated heterocycles. The van der Waals surface area contributed by atoms with E-state index in [-0.39, 0.29) is 29.3 Å². The lowest BCUT2D eigenvalue weighted by atomic mass is 10.0. The fourth-order valence-corrected chi connectivity index (χ4v) is 3.72. The van der Waals surface area contributed by atoms with Gasteiger partial charge in [-0.2, -0.15) is 0 Å². The van der Waals surface area contributed by atoms with Crippen molar-refractivity contribution in [2.75, 3.05) is 0 Å². The van der Waals surface area contributed by atoms with Gasteiger partial charge in [-0.25, -0.2) is 4.57 Å². The summed E-state index contributed by atoms with van der Waals surface area (Å²) >= 11 is 0. The summed E-state index contributed by atoms with van der Waals surface area (Å²) in [7, 11) is 0. The van der Waals surface area contributed by atoms with Gasteiger partial charge in [-0.3, -0.25) is 4.79 Å². The van der Waals surface area contributed by atoms with Crippen molar-refractivity contribution in [3.05, 3.63) is 109 Å². The van der Waals surface area contributed by atoms with Gasteiger partial charge in [0.15, 0.2) is 12.2 Å². The van der Waals surface area contributed by atoms with E-state index in [0.29, 0.717) is 0 Å². The van der Waals surface area contributed by atoms with Crippen LogP contribution < -0.4 is 21.5 Å². The molecule has 4 aromatic carbocycles. The van der Waals surface area contributed by atoms with Crippen molar-refractivity contribution < 1.29 is 26.3 Å². The minimum atomic E-state index is 0. The molecule has 1 heterocycles. The Morgan fingerprint density at radius 2 is 1.50 bits per heavy atom. The zero-order chi connectivity index (χ0) is 19.6. The molecular formula is C26H19BrN2O. The van der Waals surface area contributed by atoms with Crippen LogP contribution in [0.3, 0.4) is 0 Å². The lowest BCUT2D eigenvalue weighted by Gasteiger charge is -2.05. The van der Waals surface area contributed by atoms with Crippen molar-refractivity contribution in [1.82, 2.24) is 4.98 Å². The topological polar surface area (TPSA) is 33.8 Å². The van der Waals surface area contributed by atoms with Gasteiger partial charge in [0.2, 0.25) is 5.78 Å². The quantitative estimate of drug-likeness (QED) is 0.308. The Morgan fingerprint density at radius 3 is 2.30 bits per heavy atom. The van der Waals surface area contributed by atoms with E-state index in [0.717, 1.165) is 27.6 Å². The number of Topliss-reactive ketones (excluding diaryl/α,β-unsaturated/α-hetero) is 1. The van der Waals surface area contributed by atoms with E-state index in [4.69, 9.17) is 0 Å². The van der Waals surface area contributed by atoms with Crippen molar-refractivity contribution in [1.29, 1.82) is 0 Å². The number of hydrogen-bond donors (Lipinski definition) is 0. The van der Waals surface area contributed by atoms with E-state index >= 15 is 0 Å². The van der Waals surface area contributed by atoms with Gasteiger partial charge < -0.3 is 17.0 Å². The van der Waals surface area contributed by atoms with Gasteiger partial charge in [-0.1, -0.05) is 72.8 Å². The van der Waals surface area contributed by atoms with Crippen LogP contribution in [0.25, 0.3) is 32.8 Å². The number of aromatic nitrogens is 2. The van der Waals surface area contributed by atoms with Crippen molar-refractivity contribution in [2.45, 2.75) is 6.54 Å². The zero-order valence-corrected chi connectivity index (χ0v) is 17.8. The van der Waals surface area contributed by atoms with Crippen LogP contribution in [-0.2, 0) is 6.54 Å². The maximum atomic E-state index is 12.9. The first-order valence-corrected chi connectivity index (χ1v) is 9.63. The molecule has 0 amide bonds. The molecule has 5 aromatic rings. The van der Waals surface area contributed by atoms with E-state index in [9.17, 15) is 4.79 Å². The molecule has 146 valence electrons. The number of rotatable bonds is 4. The highest BCUT2D eigenvalue weighted by Crippen LogP contribution is 2.22. The third-order valence-electron chi connectivity index (χ3n) is 5.23. The number of hydrogen-bond acceptors (Lipinski definition) is 2. The first-order valence-electron chi connectivity index (χ1n) is 9.63. The molecule has 0 bridgehead atoms. The number of nitrogens with zero attached hydrogens (tertiary/aromatic N) is 2. The summed E-state index contributed by atoms with van der Waals surface area (Å²) in [6.07, 6.45) is 3.65. The molecule has 0 spiro atoms. The molecule has 0 radical (unpaired) electrons. The molecule has 0 atom stereocenters. The van der Waals surface area contributed by atoms with Gasteiger partial charge >= 0.3 is 0 Å². The van der Waals surface area contributed by atoms with E-state index in [1.54, 1.807) is 6.33 Å². The van der Waals surface area contributed by atoms with Gasteiger partial charge in [-0.05, 0) is 38.7 Å². The van der Waals surface area contributed by atoms with Gasteiger partial charge in [0.25, 0.3) is 6.33 Å². The Morgan fingerprint density at radius 1 is 0.767 bits per heavy atom. The SMILES string of the molecule is O=C(C[n+]1ccc(-c2ccc3ccccc3c2)nc1)c1cccc2ccccc12.[Br-]. The first kappa shape index (κ1) is 19.9. The second kappa shape index (κ2) is 8.56. The molecule has 3 nitrogen and oxygen atoms in total. The normalized spacial score (nSPS) is 10.7. The summed E-state index contributed by atoms with van der Waals surface area (Å²) in [5.74, 6) is 0.0760. The van der Waals surface area contributed by atoms with E-state index in [1.165, 1.54) is 10.8 Å². The van der Waals surface area contributed by atoms with Crippen LogP contribution in [0.1, 0.15) is 10.4 Å². The summed E-state index contributed by atoms with van der Waals surface area (Å²) in [5, 5.41) is 4.46. The maximum absolute atomic E-state index is 12.9. The van der Waals surface area contributed by atoms with Crippen LogP contribution in [0.2, 0.25) is 0 Å². The first-order chi connectivity index (χ1) is 14.3. The van der Waals surface area contributed by atoms with Crippen LogP contribution in [-0.4, -0.2) is 10.8 Å². The lowest BCUT2D eigenvalue weighted by Crippen LogP contribution is -3.00. The molecule has 30 heavy (non-hydrogen) atoms. The van der Waals surface area contributed by atoms with Crippen molar-refractivity contribution in [2.24, 2.45) is 0 Å². The van der Waals surface area contributed by atoms with Gasteiger partial charge in [0.05, 0.1) is 6.20 Å². The number of benzene rings is 4. The molecule has 5 rings (SSSR count). The predicted molar refractivity (Wildman–Crippen MR) is 116 cm³/mol. The molecule has 0 aliphatic carbocycles. The molecule has 0 aliphatic heterocycles. The second-order valence-electron chi connectivity index (χ2n) is 7.13. The van der Waals surface area contributed by atoms with Crippen molar-refractivity contribution in [3.8, 4) is 11.3 Å². The molecule has 4 heteroatoms. The summed E-state index contributed by atoms with van der Waals surface area (Å²) < 4.78 is 1.83. The Labute approximate surface area is 185 Å². The Hall–Kier alpha value is -3.37. The van der Waals surface area contributed by atoms with Gasteiger partial charge in [-0.15, -0.1) is 0 Å². The number of halogens is 1. The van der Waals surface area contributed by atoms with Gasteiger partial charge in [0, 0.05) is 17.2 Å². The molecule has 0 N–H and O–H groups in total. The molecular weight excluding hydrogens is 436 g/mol. The van der Waals surface area contributed by atoms with E-state index in [1.807, 2.05) is 71.4 Å². The smallest absolute Gasteiger partial charge is 0.287 e. The zero-order valence-electron chi connectivity index (χ0n) is 16.2. The maximum Gasteiger partial charge on any atom is 0.287 e.